The molecular weight excluding hydrogens is 485 g/mol. The molecule has 3 unspecified atom stereocenters. The third kappa shape index (κ3) is 7.10. The summed E-state index contributed by atoms with van der Waals surface area (Å²) < 4.78 is 42.0. The Morgan fingerprint density at radius 2 is 2.00 bits per heavy atom. The van der Waals surface area contributed by atoms with Gasteiger partial charge < -0.3 is 23.8 Å². The van der Waals surface area contributed by atoms with E-state index in [2.05, 4.69) is 10.1 Å². The average Bonchev–Trinajstić information content (AvgIpc) is 3.23. The Labute approximate surface area is 200 Å². The van der Waals surface area contributed by atoms with E-state index in [1.54, 1.807) is 44.2 Å². The number of aliphatic hydroxyl groups excluding tert-OH is 1. The molecule has 0 amide bonds. The van der Waals surface area contributed by atoms with Gasteiger partial charge in [0.2, 0.25) is 6.41 Å². The van der Waals surface area contributed by atoms with Crippen LogP contribution in [0.2, 0.25) is 0 Å². The predicted octanol–water partition coefficient (Wildman–Crippen LogP) is 0.904. The van der Waals surface area contributed by atoms with Gasteiger partial charge in [-0.1, -0.05) is 18.2 Å². The first-order chi connectivity index (χ1) is 16.5. The number of carbonyl (C=O) groups is 1. The quantitative estimate of drug-likeness (QED) is 0.288. The Morgan fingerprint density at radius 1 is 1.29 bits per heavy atom. The number of aliphatic hydroxyl groups is 1. The third-order valence-corrected chi connectivity index (χ3v) is 6.35. The lowest BCUT2D eigenvalue weighted by Crippen LogP contribution is -2.43. The summed E-state index contributed by atoms with van der Waals surface area (Å²) in [4.78, 5) is 37.7. The second-order valence-corrected chi connectivity index (χ2v) is 9.80. The highest BCUT2D eigenvalue weighted by Gasteiger charge is 2.45. The van der Waals surface area contributed by atoms with Crippen LogP contribution in [0.3, 0.4) is 0 Å². The maximum absolute atomic E-state index is 13.6. The predicted molar refractivity (Wildman–Crippen MR) is 122 cm³/mol. The molecule has 3 rings (SSSR count). The Morgan fingerprint density at radius 3 is 2.63 bits per heavy atom. The normalized spacial score (nSPS) is 22.5. The highest BCUT2D eigenvalue weighted by atomic mass is 31.2. The van der Waals surface area contributed by atoms with E-state index < -0.39 is 62.3 Å². The number of ether oxygens (including phenoxy) is 3. The number of aromatic nitrogens is 2. The smallest absolute Gasteiger partial charge is 0.459 e. The molecular formula is C21H28N3O10P. The number of rotatable bonds is 11. The van der Waals surface area contributed by atoms with Crippen molar-refractivity contribution in [2.24, 2.45) is 0 Å². The lowest BCUT2D eigenvalue weighted by molar-refractivity contribution is -0.159. The first-order valence-electron chi connectivity index (χ1n) is 10.7. The van der Waals surface area contributed by atoms with Crippen molar-refractivity contribution in [1.29, 1.82) is 0 Å². The summed E-state index contributed by atoms with van der Waals surface area (Å²) in [6.45, 7) is 3.42. The molecule has 4 atom stereocenters. The molecule has 192 valence electrons. The molecule has 1 saturated heterocycles. The van der Waals surface area contributed by atoms with Crippen LogP contribution in [0.5, 0.6) is 5.75 Å². The van der Waals surface area contributed by atoms with Gasteiger partial charge in [0.15, 0.2) is 0 Å². The molecule has 2 heterocycles. The number of para-hydroxylation sites is 1. The second kappa shape index (κ2) is 11.3. The summed E-state index contributed by atoms with van der Waals surface area (Å²) in [5.41, 5.74) is -2.91. The fourth-order valence-electron chi connectivity index (χ4n) is 2.98. The fourth-order valence-corrected chi connectivity index (χ4v) is 4.54. The van der Waals surface area contributed by atoms with Crippen LogP contribution in [0.4, 0.5) is 0 Å². The van der Waals surface area contributed by atoms with E-state index in [0.29, 0.717) is 0 Å². The number of esters is 1. The number of H-pyrrole nitrogens is 1. The van der Waals surface area contributed by atoms with Crippen molar-refractivity contribution < 1.29 is 37.7 Å². The Bertz CT molecular complexity index is 1170. The maximum atomic E-state index is 13.6. The van der Waals surface area contributed by atoms with E-state index in [0.717, 1.165) is 10.6 Å². The van der Waals surface area contributed by atoms with Crippen LogP contribution < -0.4 is 20.9 Å². The van der Waals surface area contributed by atoms with Crippen molar-refractivity contribution in [2.75, 3.05) is 19.8 Å². The Balaban J connectivity index is 1.77. The molecule has 0 saturated carbocycles. The third-order valence-electron chi connectivity index (χ3n) is 4.73. The number of nitrogens with one attached hydrogen (secondary N) is 2. The van der Waals surface area contributed by atoms with Crippen molar-refractivity contribution in [2.45, 2.75) is 44.9 Å². The number of benzene rings is 1. The molecule has 1 fully saturated rings. The lowest BCUT2D eigenvalue weighted by Gasteiger charge is -2.28. The summed E-state index contributed by atoms with van der Waals surface area (Å²) in [6.07, 6.45) is -0.498. The van der Waals surface area contributed by atoms with Crippen molar-refractivity contribution in [1.82, 2.24) is 14.6 Å². The van der Waals surface area contributed by atoms with E-state index in [1.165, 1.54) is 13.1 Å². The van der Waals surface area contributed by atoms with Crippen LogP contribution in [-0.2, 0) is 28.1 Å². The minimum atomic E-state index is -4.22. The van der Waals surface area contributed by atoms with Crippen LogP contribution in [0.25, 0.3) is 0 Å². The molecule has 0 aliphatic carbocycles. The van der Waals surface area contributed by atoms with Crippen molar-refractivity contribution >= 4 is 13.7 Å². The molecule has 0 spiro atoms. The molecule has 2 aromatic rings. The molecule has 0 bridgehead atoms. The summed E-state index contributed by atoms with van der Waals surface area (Å²) in [7, 11) is -4.22. The van der Waals surface area contributed by atoms with E-state index >= 15 is 0 Å². The second-order valence-electron chi connectivity index (χ2n) is 8.11. The SMILES string of the molecule is CC(C)OC(=O)C(C)NP(=O)(OC[C@@]1(CO)COC(n2ccc(=O)[nH]c2=O)O1)Oc1ccccc1. The van der Waals surface area contributed by atoms with Crippen LogP contribution in [-0.4, -0.2) is 58.2 Å². The fraction of sp³-hybridized carbons (Fsp3) is 0.476. The van der Waals surface area contributed by atoms with Gasteiger partial charge in [-0.05, 0) is 32.9 Å². The zero-order valence-electron chi connectivity index (χ0n) is 19.4. The molecule has 13 nitrogen and oxygen atoms in total. The molecule has 14 heteroatoms. The van der Waals surface area contributed by atoms with Gasteiger partial charge in [0, 0.05) is 12.3 Å². The molecule has 1 aliphatic rings. The van der Waals surface area contributed by atoms with Gasteiger partial charge >= 0.3 is 19.4 Å². The maximum Gasteiger partial charge on any atom is 0.459 e. The minimum absolute atomic E-state index is 0.201. The average molecular weight is 513 g/mol. The van der Waals surface area contributed by atoms with Gasteiger partial charge in [0.1, 0.15) is 17.4 Å². The van der Waals surface area contributed by atoms with E-state index in [4.69, 9.17) is 23.3 Å². The highest BCUT2D eigenvalue weighted by Crippen LogP contribution is 2.46. The molecule has 0 radical (unpaired) electrons. The lowest BCUT2D eigenvalue weighted by atomic mass is 10.1. The molecule has 35 heavy (non-hydrogen) atoms. The van der Waals surface area contributed by atoms with Gasteiger partial charge in [-0.3, -0.25) is 23.7 Å². The molecule has 3 N–H and O–H groups in total. The van der Waals surface area contributed by atoms with Gasteiger partial charge in [-0.15, -0.1) is 0 Å². The van der Waals surface area contributed by atoms with E-state index in [-0.39, 0.29) is 12.4 Å². The molecule has 1 aromatic carbocycles. The van der Waals surface area contributed by atoms with Gasteiger partial charge in [-0.2, -0.15) is 5.09 Å². The first kappa shape index (κ1) is 26.8. The summed E-state index contributed by atoms with van der Waals surface area (Å²) in [5, 5.41) is 12.5. The monoisotopic (exact) mass is 513 g/mol. The Kier molecular flexibility index (Phi) is 8.65. The number of hydrogen-bond donors (Lipinski definition) is 3. The summed E-state index contributed by atoms with van der Waals surface area (Å²) >= 11 is 0. The van der Waals surface area contributed by atoms with E-state index in [1.807, 2.05) is 0 Å². The Hall–Kier alpha value is -2.80. The van der Waals surface area contributed by atoms with Crippen LogP contribution in [0.15, 0.2) is 52.2 Å². The topological polar surface area (TPSA) is 167 Å². The van der Waals surface area contributed by atoms with Gasteiger partial charge in [0.05, 0.1) is 25.9 Å². The summed E-state index contributed by atoms with van der Waals surface area (Å²) in [5.74, 6) is -0.470. The minimum Gasteiger partial charge on any atom is -0.462 e. The molecule has 1 aliphatic heterocycles. The number of carbonyl (C=O) groups excluding carboxylic acids is 1. The van der Waals surface area contributed by atoms with Crippen molar-refractivity contribution in [3.05, 3.63) is 63.4 Å². The number of aromatic amines is 1. The standard InChI is InChI=1S/C21H28N3O10P/c1-14(2)32-18(27)15(3)23-35(29,34-16-7-5-4-6-8-16)31-13-21(11-25)12-30-20(33-21)24-10-9-17(26)22-19(24)28/h4-10,14-15,20,25H,11-13H2,1-3H3,(H,23,29)(H,22,26,28)/t15?,20?,21-,35?/m1/s1. The van der Waals surface area contributed by atoms with Crippen LogP contribution >= 0.6 is 7.75 Å². The highest BCUT2D eigenvalue weighted by molar-refractivity contribution is 7.52. The van der Waals surface area contributed by atoms with Gasteiger partial charge in [-0.25, -0.2) is 9.36 Å². The zero-order chi connectivity index (χ0) is 25.6. The van der Waals surface area contributed by atoms with Crippen LogP contribution in [0, 0.1) is 0 Å². The molecule has 1 aromatic heterocycles. The van der Waals surface area contributed by atoms with Crippen molar-refractivity contribution in [3.8, 4) is 5.75 Å². The number of hydrogen-bond acceptors (Lipinski definition) is 10. The van der Waals surface area contributed by atoms with Gasteiger partial charge in [0.25, 0.3) is 5.56 Å². The first-order valence-corrected chi connectivity index (χ1v) is 12.3. The summed E-state index contributed by atoms with van der Waals surface area (Å²) in [6, 6.07) is 8.18. The number of nitrogens with zero attached hydrogens (tertiary/aromatic N) is 1. The van der Waals surface area contributed by atoms with E-state index in [9.17, 15) is 24.1 Å². The zero-order valence-corrected chi connectivity index (χ0v) is 20.3. The largest absolute Gasteiger partial charge is 0.462 e. The van der Waals surface area contributed by atoms with Crippen LogP contribution in [0.1, 0.15) is 27.2 Å². The van der Waals surface area contributed by atoms with Crippen molar-refractivity contribution in [3.63, 3.8) is 0 Å².